The third kappa shape index (κ3) is 5.57. The van der Waals surface area contributed by atoms with Gasteiger partial charge in [0, 0.05) is 6.54 Å². The number of carbonyl (C=O) groups excluding carboxylic acids is 1. The smallest absolute Gasteiger partial charge is 0.241 e. The van der Waals surface area contributed by atoms with Crippen molar-refractivity contribution < 1.29 is 17.9 Å². The molecular formula is C19H24N2O4S. The maximum absolute atomic E-state index is 12.3. The summed E-state index contributed by atoms with van der Waals surface area (Å²) in [5, 5.41) is 2.75. The van der Waals surface area contributed by atoms with Gasteiger partial charge >= 0.3 is 0 Å². The van der Waals surface area contributed by atoms with Crippen LogP contribution >= 0.6 is 0 Å². The van der Waals surface area contributed by atoms with Crippen LogP contribution in [0.3, 0.4) is 0 Å². The summed E-state index contributed by atoms with van der Waals surface area (Å²) in [5.41, 5.74) is 2.02. The minimum atomic E-state index is -3.73. The molecule has 140 valence electrons. The van der Waals surface area contributed by atoms with Crippen LogP contribution in [0.5, 0.6) is 5.75 Å². The summed E-state index contributed by atoms with van der Waals surface area (Å²) in [6.45, 7) is 3.82. The molecule has 6 nitrogen and oxygen atoms in total. The van der Waals surface area contributed by atoms with E-state index in [2.05, 4.69) is 10.0 Å². The SMILES string of the molecule is COc1ccc(CCNC(=O)C(C)NS(=O)(=O)c2ccc(C)cc2)cc1. The van der Waals surface area contributed by atoms with Gasteiger partial charge in [0.1, 0.15) is 5.75 Å². The lowest BCUT2D eigenvalue weighted by atomic mass is 10.1. The minimum absolute atomic E-state index is 0.140. The normalized spacial score (nSPS) is 12.4. The Morgan fingerprint density at radius 2 is 1.69 bits per heavy atom. The number of methoxy groups -OCH3 is 1. The van der Waals surface area contributed by atoms with Crippen molar-refractivity contribution in [1.82, 2.24) is 10.0 Å². The minimum Gasteiger partial charge on any atom is -0.497 e. The molecule has 1 atom stereocenters. The number of aryl methyl sites for hydroxylation is 1. The van der Waals surface area contributed by atoms with Gasteiger partial charge in [0.2, 0.25) is 15.9 Å². The number of carbonyl (C=O) groups is 1. The Labute approximate surface area is 154 Å². The monoisotopic (exact) mass is 376 g/mol. The van der Waals surface area contributed by atoms with Crippen LogP contribution in [0.4, 0.5) is 0 Å². The highest BCUT2D eigenvalue weighted by Crippen LogP contribution is 2.12. The number of sulfonamides is 1. The summed E-state index contributed by atoms with van der Waals surface area (Å²) < 4.78 is 32.1. The van der Waals surface area contributed by atoms with Crippen molar-refractivity contribution in [3.63, 3.8) is 0 Å². The second-order valence-corrected chi connectivity index (χ2v) is 7.76. The third-order valence-corrected chi connectivity index (χ3v) is 5.49. The van der Waals surface area contributed by atoms with E-state index in [1.54, 1.807) is 19.2 Å². The van der Waals surface area contributed by atoms with E-state index in [-0.39, 0.29) is 10.8 Å². The Hall–Kier alpha value is -2.38. The lowest BCUT2D eigenvalue weighted by Gasteiger charge is -2.14. The van der Waals surface area contributed by atoms with Crippen LogP contribution in [0.25, 0.3) is 0 Å². The Kier molecular flexibility index (Phi) is 6.76. The van der Waals surface area contributed by atoms with Crippen molar-refractivity contribution in [1.29, 1.82) is 0 Å². The highest BCUT2D eigenvalue weighted by atomic mass is 32.2. The van der Waals surface area contributed by atoms with Gasteiger partial charge in [-0.15, -0.1) is 0 Å². The van der Waals surface area contributed by atoms with E-state index in [0.717, 1.165) is 16.9 Å². The van der Waals surface area contributed by atoms with Crippen LogP contribution in [-0.4, -0.2) is 34.0 Å². The largest absolute Gasteiger partial charge is 0.497 e. The van der Waals surface area contributed by atoms with E-state index in [1.165, 1.54) is 19.1 Å². The summed E-state index contributed by atoms with van der Waals surface area (Å²) >= 11 is 0. The average molecular weight is 376 g/mol. The fourth-order valence-electron chi connectivity index (χ4n) is 2.35. The molecule has 2 N–H and O–H groups in total. The highest BCUT2D eigenvalue weighted by molar-refractivity contribution is 7.89. The standard InChI is InChI=1S/C19H24N2O4S/c1-14-4-10-18(11-5-14)26(23,24)21-15(2)19(22)20-13-12-16-6-8-17(25-3)9-7-16/h4-11,15,21H,12-13H2,1-3H3,(H,20,22). The molecule has 0 aromatic heterocycles. The van der Waals surface area contributed by atoms with Crippen LogP contribution in [0.1, 0.15) is 18.1 Å². The predicted octanol–water partition coefficient (Wildman–Crippen LogP) is 2.03. The lowest BCUT2D eigenvalue weighted by molar-refractivity contribution is -0.122. The molecule has 0 saturated carbocycles. The number of hydrogen-bond acceptors (Lipinski definition) is 4. The molecular weight excluding hydrogens is 352 g/mol. The van der Waals surface area contributed by atoms with Gasteiger partial charge in [-0.05, 0) is 50.1 Å². The van der Waals surface area contributed by atoms with Crippen LogP contribution in [0.2, 0.25) is 0 Å². The average Bonchev–Trinajstić information content (AvgIpc) is 2.62. The number of ether oxygens (including phenoxy) is 1. The van der Waals surface area contributed by atoms with Crippen molar-refractivity contribution >= 4 is 15.9 Å². The molecule has 2 aromatic rings. The molecule has 26 heavy (non-hydrogen) atoms. The van der Waals surface area contributed by atoms with E-state index >= 15 is 0 Å². The van der Waals surface area contributed by atoms with E-state index in [0.29, 0.717) is 13.0 Å². The van der Waals surface area contributed by atoms with Gasteiger partial charge in [-0.3, -0.25) is 4.79 Å². The second kappa shape index (κ2) is 8.82. The molecule has 0 aliphatic carbocycles. The van der Waals surface area contributed by atoms with Gasteiger partial charge in [0.15, 0.2) is 0 Å². The molecule has 0 saturated heterocycles. The molecule has 2 aromatic carbocycles. The molecule has 0 radical (unpaired) electrons. The zero-order valence-corrected chi connectivity index (χ0v) is 16.0. The van der Waals surface area contributed by atoms with Crippen LogP contribution in [0, 0.1) is 6.92 Å². The summed E-state index contributed by atoms with van der Waals surface area (Å²) in [7, 11) is -2.13. The molecule has 0 spiro atoms. The maximum atomic E-state index is 12.3. The topological polar surface area (TPSA) is 84.5 Å². The fraction of sp³-hybridized carbons (Fsp3) is 0.316. The summed E-state index contributed by atoms with van der Waals surface area (Å²) in [5.74, 6) is 0.408. The predicted molar refractivity (Wildman–Crippen MR) is 101 cm³/mol. The molecule has 1 amide bonds. The lowest BCUT2D eigenvalue weighted by Crippen LogP contribution is -2.45. The summed E-state index contributed by atoms with van der Waals surface area (Å²) in [4.78, 5) is 12.3. The number of benzene rings is 2. The van der Waals surface area contributed by atoms with Crippen LogP contribution < -0.4 is 14.8 Å². The van der Waals surface area contributed by atoms with Crippen molar-refractivity contribution in [2.75, 3.05) is 13.7 Å². The first-order valence-electron chi connectivity index (χ1n) is 8.31. The Bertz CT molecular complexity index is 831. The van der Waals surface area contributed by atoms with Crippen molar-refractivity contribution in [3.05, 3.63) is 59.7 Å². The highest BCUT2D eigenvalue weighted by Gasteiger charge is 2.21. The zero-order chi connectivity index (χ0) is 19.2. The second-order valence-electron chi connectivity index (χ2n) is 6.05. The van der Waals surface area contributed by atoms with Gasteiger partial charge in [-0.2, -0.15) is 4.72 Å². The van der Waals surface area contributed by atoms with Gasteiger partial charge in [-0.25, -0.2) is 8.42 Å². The number of amides is 1. The van der Waals surface area contributed by atoms with E-state index in [9.17, 15) is 13.2 Å². The quantitative estimate of drug-likeness (QED) is 0.738. The van der Waals surface area contributed by atoms with E-state index in [4.69, 9.17) is 4.74 Å². The Balaban J connectivity index is 1.85. The Morgan fingerprint density at radius 1 is 1.08 bits per heavy atom. The van der Waals surface area contributed by atoms with Gasteiger partial charge in [0.25, 0.3) is 0 Å². The van der Waals surface area contributed by atoms with Crippen molar-refractivity contribution in [2.24, 2.45) is 0 Å². The molecule has 7 heteroatoms. The first-order valence-corrected chi connectivity index (χ1v) is 9.80. The molecule has 0 aliphatic heterocycles. The number of hydrogen-bond donors (Lipinski definition) is 2. The van der Waals surface area contributed by atoms with Gasteiger partial charge in [-0.1, -0.05) is 29.8 Å². The third-order valence-electron chi connectivity index (χ3n) is 3.93. The molecule has 0 aliphatic rings. The van der Waals surface area contributed by atoms with Gasteiger partial charge < -0.3 is 10.1 Å². The first kappa shape index (κ1) is 19.9. The zero-order valence-electron chi connectivity index (χ0n) is 15.2. The molecule has 2 rings (SSSR count). The molecule has 0 bridgehead atoms. The van der Waals surface area contributed by atoms with Gasteiger partial charge in [0.05, 0.1) is 18.0 Å². The van der Waals surface area contributed by atoms with Crippen LogP contribution in [0.15, 0.2) is 53.4 Å². The molecule has 0 heterocycles. The summed E-state index contributed by atoms with van der Waals surface area (Å²) in [6, 6.07) is 13.2. The van der Waals surface area contributed by atoms with Crippen molar-refractivity contribution in [3.8, 4) is 5.75 Å². The van der Waals surface area contributed by atoms with Crippen molar-refractivity contribution in [2.45, 2.75) is 31.2 Å². The number of rotatable bonds is 8. The fourth-order valence-corrected chi connectivity index (χ4v) is 3.55. The Morgan fingerprint density at radius 3 is 2.27 bits per heavy atom. The van der Waals surface area contributed by atoms with E-state index in [1.807, 2.05) is 31.2 Å². The summed E-state index contributed by atoms with van der Waals surface area (Å²) in [6.07, 6.45) is 0.646. The molecule has 1 unspecified atom stereocenters. The first-order chi connectivity index (χ1) is 12.3. The molecule has 0 fully saturated rings. The van der Waals surface area contributed by atoms with Crippen LogP contribution in [-0.2, 0) is 21.2 Å². The maximum Gasteiger partial charge on any atom is 0.241 e. The van der Waals surface area contributed by atoms with E-state index < -0.39 is 16.1 Å². The number of nitrogens with one attached hydrogen (secondary N) is 2.